The van der Waals surface area contributed by atoms with Crippen LogP contribution in [0.2, 0.25) is 0 Å². The van der Waals surface area contributed by atoms with Gasteiger partial charge in [0.15, 0.2) is 0 Å². The van der Waals surface area contributed by atoms with E-state index in [1.165, 1.54) is 19.3 Å². The molecule has 0 aliphatic heterocycles. The minimum atomic E-state index is -0.0167. The van der Waals surface area contributed by atoms with Gasteiger partial charge in [0.05, 0.1) is 6.10 Å². The van der Waals surface area contributed by atoms with Gasteiger partial charge in [-0.25, -0.2) is 0 Å². The zero-order valence-corrected chi connectivity index (χ0v) is 9.73. The van der Waals surface area contributed by atoms with Crippen LogP contribution in [0.5, 0.6) is 0 Å². The molecule has 3 heteroatoms. The van der Waals surface area contributed by atoms with Crippen LogP contribution >= 0.6 is 0 Å². The molecular formula is C12H24N2O. The van der Waals surface area contributed by atoms with Gasteiger partial charge in [0.1, 0.15) is 0 Å². The Hall–Kier alpha value is -0.120. The zero-order valence-electron chi connectivity index (χ0n) is 9.73. The summed E-state index contributed by atoms with van der Waals surface area (Å²) in [7, 11) is 2.22. The van der Waals surface area contributed by atoms with Gasteiger partial charge in [0.25, 0.3) is 0 Å². The molecule has 88 valence electrons. The van der Waals surface area contributed by atoms with E-state index in [4.69, 9.17) is 5.73 Å². The van der Waals surface area contributed by atoms with Crippen molar-refractivity contribution in [2.24, 2.45) is 11.7 Å². The first kappa shape index (κ1) is 11.4. The predicted molar refractivity (Wildman–Crippen MR) is 61.6 cm³/mol. The van der Waals surface area contributed by atoms with Crippen molar-refractivity contribution in [2.45, 2.75) is 56.7 Å². The summed E-state index contributed by atoms with van der Waals surface area (Å²) in [6, 6.07) is 1.10. The van der Waals surface area contributed by atoms with E-state index in [9.17, 15) is 5.11 Å². The Morgan fingerprint density at radius 1 is 1.27 bits per heavy atom. The highest BCUT2D eigenvalue weighted by atomic mass is 16.3. The summed E-state index contributed by atoms with van der Waals surface area (Å²) in [6.45, 7) is 1.15. The molecule has 3 nitrogen and oxygen atoms in total. The van der Waals surface area contributed by atoms with E-state index in [2.05, 4.69) is 11.9 Å². The van der Waals surface area contributed by atoms with Gasteiger partial charge in [0, 0.05) is 18.6 Å². The number of rotatable bonds is 3. The topological polar surface area (TPSA) is 49.5 Å². The lowest BCUT2D eigenvalue weighted by molar-refractivity contribution is 0.0183. The lowest BCUT2D eigenvalue weighted by Gasteiger charge is -2.39. The summed E-state index contributed by atoms with van der Waals surface area (Å²) >= 11 is 0. The maximum atomic E-state index is 9.25. The average molecular weight is 212 g/mol. The predicted octanol–water partition coefficient (Wildman–Crippen LogP) is 0.959. The third kappa shape index (κ3) is 2.92. The maximum absolute atomic E-state index is 9.25. The van der Waals surface area contributed by atoms with Gasteiger partial charge in [0.2, 0.25) is 0 Å². The Labute approximate surface area is 92.6 Å². The first-order valence-corrected chi connectivity index (χ1v) is 6.29. The van der Waals surface area contributed by atoms with Crippen LogP contribution < -0.4 is 5.73 Å². The smallest absolute Gasteiger partial charge is 0.0546 e. The minimum Gasteiger partial charge on any atom is -0.393 e. The van der Waals surface area contributed by atoms with Crippen LogP contribution in [-0.4, -0.2) is 41.8 Å². The zero-order chi connectivity index (χ0) is 10.8. The molecule has 2 fully saturated rings. The number of aliphatic hydroxyl groups excluding tert-OH is 1. The summed E-state index contributed by atoms with van der Waals surface area (Å²) in [5, 5.41) is 9.25. The van der Waals surface area contributed by atoms with Crippen molar-refractivity contribution in [2.75, 3.05) is 13.6 Å². The Kier molecular flexibility index (Phi) is 3.65. The average Bonchev–Trinajstić information content (AvgIpc) is 2.15. The van der Waals surface area contributed by atoms with E-state index in [-0.39, 0.29) is 6.10 Å². The fourth-order valence-electron chi connectivity index (χ4n) is 3.01. The van der Waals surface area contributed by atoms with E-state index in [0.29, 0.717) is 12.1 Å². The van der Waals surface area contributed by atoms with E-state index in [1.54, 1.807) is 0 Å². The normalized spacial score (nSPS) is 41.6. The van der Waals surface area contributed by atoms with Gasteiger partial charge in [-0.1, -0.05) is 6.42 Å². The van der Waals surface area contributed by atoms with Crippen molar-refractivity contribution in [3.63, 3.8) is 0 Å². The van der Waals surface area contributed by atoms with Gasteiger partial charge >= 0.3 is 0 Å². The van der Waals surface area contributed by atoms with Crippen molar-refractivity contribution in [1.29, 1.82) is 0 Å². The van der Waals surface area contributed by atoms with E-state index >= 15 is 0 Å². The quantitative estimate of drug-likeness (QED) is 0.732. The van der Waals surface area contributed by atoms with Crippen LogP contribution in [0.25, 0.3) is 0 Å². The molecule has 0 amide bonds. The Bertz CT molecular complexity index is 204. The second-order valence-electron chi connectivity index (χ2n) is 5.51. The van der Waals surface area contributed by atoms with E-state index in [1.807, 2.05) is 0 Å². The molecule has 0 aromatic rings. The number of aliphatic hydroxyl groups is 1. The third-order valence-electron chi connectivity index (χ3n) is 4.07. The Balaban J connectivity index is 1.72. The summed E-state index contributed by atoms with van der Waals surface area (Å²) in [4.78, 5) is 2.47. The molecule has 2 aliphatic rings. The number of nitrogens with zero attached hydrogens (tertiary/aromatic N) is 1. The molecule has 3 N–H and O–H groups in total. The van der Waals surface area contributed by atoms with Crippen LogP contribution in [0.1, 0.15) is 38.5 Å². The summed E-state index contributed by atoms with van der Waals surface area (Å²) < 4.78 is 0. The van der Waals surface area contributed by atoms with Gasteiger partial charge in [-0.3, -0.25) is 0 Å². The second kappa shape index (κ2) is 4.81. The molecule has 2 atom stereocenters. The van der Waals surface area contributed by atoms with Crippen LogP contribution in [0.3, 0.4) is 0 Å². The van der Waals surface area contributed by atoms with Crippen LogP contribution in [0.15, 0.2) is 0 Å². The van der Waals surface area contributed by atoms with Crippen molar-refractivity contribution in [1.82, 2.24) is 4.90 Å². The molecule has 0 aromatic carbocycles. The molecule has 2 unspecified atom stereocenters. The molecule has 0 heterocycles. The fraction of sp³-hybridized carbons (Fsp3) is 1.00. The minimum absolute atomic E-state index is 0.0167. The molecule has 2 aliphatic carbocycles. The van der Waals surface area contributed by atoms with Crippen molar-refractivity contribution >= 4 is 0 Å². The summed E-state index contributed by atoms with van der Waals surface area (Å²) in [5.41, 5.74) is 6.00. The molecule has 15 heavy (non-hydrogen) atoms. The molecule has 0 spiro atoms. The maximum Gasteiger partial charge on any atom is 0.0546 e. The van der Waals surface area contributed by atoms with E-state index < -0.39 is 0 Å². The molecule has 0 radical (unpaired) electrons. The molecule has 0 bridgehead atoms. The number of hydrogen-bond acceptors (Lipinski definition) is 3. The summed E-state index contributed by atoms with van der Waals surface area (Å²) in [6.07, 6.45) is 6.94. The molecular weight excluding hydrogens is 188 g/mol. The Morgan fingerprint density at radius 3 is 2.60 bits per heavy atom. The first-order valence-electron chi connectivity index (χ1n) is 6.29. The highest BCUT2D eigenvalue weighted by molar-refractivity contribution is 4.85. The van der Waals surface area contributed by atoms with Crippen molar-refractivity contribution in [3.05, 3.63) is 0 Å². The highest BCUT2D eigenvalue weighted by Crippen LogP contribution is 2.29. The Morgan fingerprint density at radius 2 is 2.00 bits per heavy atom. The highest BCUT2D eigenvalue weighted by Gasteiger charge is 2.30. The molecule has 2 saturated carbocycles. The van der Waals surface area contributed by atoms with E-state index in [0.717, 1.165) is 31.7 Å². The molecule has 0 saturated heterocycles. The first-order chi connectivity index (χ1) is 7.15. The SMILES string of the molecule is CN(CC1CC(O)C1)C1CCCC(N)C1. The van der Waals surface area contributed by atoms with Gasteiger partial charge in [-0.2, -0.15) is 0 Å². The monoisotopic (exact) mass is 212 g/mol. The van der Waals surface area contributed by atoms with Crippen molar-refractivity contribution in [3.8, 4) is 0 Å². The van der Waals surface area contributed by atoms with Gasteiger partial charge < -0.3 is 15.7 Å². The number of nitrogens with two attached hydrogens (primary N) is 1. The lowest BCUT2D eigenvalue weighted by atomic mass is 9.81. The second-order valence-corrected chi connectivity index (χ2v) is 5.51. The van der Waals surface area contributed by atoms with Gasteiger partial charge in [-0.15, -0.1) is 0 Å². The van der Waals surface area contributed by atoms with Crippen LogP contribution in [0, 0.1) is 5.92 Å². The van der Waals surface area contributed by atoms with Gasteiger partial charge in [-0.05, 0) is 45.1 Å². The lowest BCUT2D eigenvalue weighted by Crippen LogP contribution is -2.45. The number of hydrogen-bond donors (Lipinski definition) is 2. The fourth-order valence-corrected chi connectivity index (χ4v) is 3.01. The van der Waals surface area contributed by atoms with Crippen LogP contribution in [0.4, 0.5) is 0 Å². The standard InChI is InChI=1S/C12H24N2O/c1-14(8-9-5-12(15)6-9)11-4-2-3-10(13)7-11/h9-12,15H,2-8,13H2,1H3. The van der Waals surface area contributed by atoms with Crippen molar-refractivity contribution < 1.29 is 5.11 Å². The molecule has 0 aromatic heterocycles. The molecule has 2 rings (SSSR count). The van der Waals surface area contributed by atoms with Crippen LogP contribution in [-0.2, 0) is 0 Å². The third-order valence-corrected chi connectivity index (χ3v) is 4.07. The largest absolute Gasteiger partial charge is 0.393 e. The summed E-state index contributed by atoms with van der Waals surface area (Å²) in [5.74, 6) is 0.725.